The summed E-state index contributed by atoms with van der Waals surface area (Å²) in [5.74, 6) is -1.59. The van der Waals surface area contributed by atoms with Gasteiger partial charge >= 0.3 is 0 Å². The highest BCUT2D eigenvalue weighted by Crippen LogP contribution is 2.28. The van der Waals surface area contributed by atoms with Crippen LogP contribution in [-0.2, 0) is 26.2 Å². The van der Waals surface area contributed by atoms with Gasteiger partial charge in [-0.1, -0.05) is 54.1 Å². The number of benzene rings is 3. The van der Waals surface area contributed by atoms with Gasteiger partial charge in [0.25, 0.3) is 10.0 Å². The zero-order valence-corrected chi connectivity index (χ0v) is 23.1. The van der Waals surface area contributed by atoms with Gasteiger partial charge in [0, 0.05) is 18.2 Å². The number of aryl methyl sites for hydroxylation is 2. The van der Waals surface area contributed by atoms with Crippen LogP contribution in [0.3, 0.4) is 0 Å². The van der Waals surface area contributed by atoms with Crippen molar-refractivity contribution in [1.29, 1.82) is 0 Å². The summed E-state index contributed by atoms with van der Waals surface area (Å²) < 4.78 is 43.2. The number of nitrogens with zero attached hydrogens (tertiary/aromatic N) is 2. The van der Waals surface area contributed by atoms with Gasteiger partial charge in [-0.05, 0) is 64.4 Å². The zero-order chi connectivity index (χ0) is 28.0. The van der Waals surface area contributed by atoms with Crippen LogP contribution in [0.15, 0.2) is 77.7 Å². The van der Waals surface area contributed by atoms with Crippen molar-refractivity contribution in [3.8, 4) is 0 Å². The lowest BCUT2D eigenvalue weighted by Crippen LogP contribution is -2.52. The molecule has 0 saturated heterocycles. The molecule has 0 saturated carbocycles. The van der Waals surface area contributed by atoms with Gasteiger partial charge in [-0.3, -0.25) is 13.9 Å². The monoisotopic (exact) mass is 539 g/mol. The molecule has 0 bridgehead atoms. The summed E-state index contributed by atoms with van der Waals surface area (Å²) in [6, 6.07) is 17.9. The molecule has 0 heterocycles. The molecule has 3 rings (SSSR count). The SMILES string of the molecule is Cc1ccc(N(CC(=O)N(Cc2ccccc2F)C(C)C(=O)NC(C)C)S(=O)(=O)c2ccccc2)c(C)c1. The molecule has 1 atom stereocenters. The first-order valence-electron chi connectivity index (χ1n) is 12.4. The minimum Gasteiger partial charge on any atom is -0.352 e. The molecule has 0 fully saturated rings. The smallest absolute Gasteiger partial charge is 0.264 e. The topological polar surface area (TPSA) is 86.8 Å². The molecule has 1 N–H and O–H groups in total. The van der Waals surface area contributed by atoms with Crippen molar-refractivity contribution in [3.63, 3.8) is 0 Å². The number of amides is 2. The standard InChI is InChI=1S/C29H34FN3O4S/c1-20(2)31-29(35)23(5)32(18-24-11-9-10-14-26(24)30)28(34)19-33(27-16-15-21(3)17-22(27)4)38(36,37)25-12-7-6-8-13-25/h6-17,20,23H,18-19H2,1-5H3,(H,31,35). The normalized spacial score (nSPS) is 12.2. The average Bonchev–Trinajstić information content (AvgIpc) is 2.86. The van der Waals surface area contributed by atoms with Gasteiger partial charge in [-0.2, -0.15) is 0 Å². The molecule has 0 spiro atoms. The Labute approximate surface area is 224 Å². The lowest BCUT2D eigenvalue weighted by Gasteiger charge is -2.32. The third-order valence-corrected chi connectivity index (χ3v) is 7.90. The zero-order valence-electron chi connectivity index (χ0n) is 22.3. The fraction of sp³-hybridized carbons (Fsp3) is 0.310. The Morgan fingerprint density at radius 3 is 2.16 bits per heavy atom. The van der Waals surface area contributed by atoms with Crippen LogP contribution in [0.1, 0.15) is 37.5 Å². The van der Waals surface area contributed by atoms with Crippen LogP contribution in [0.2, 0.25) is 0 Å². The minimum atomic E-state index is -4.15. The van der Waals surface area contributed by atoms with Crippen molar-refractivity contribution >= 4 is 27.5 Å². The van der Waals surface area contributed by atoms with E-state index in [1.54, 1.807) is 64.1 Å². The summed E-state index contributed by atoms with van der Waals surface area (Å²) in [7, 11) is -4.15. The van der Waals surface area contributed by atoms with Crippen molar-refractivity contribution in [1.82, 2.24) is 10.2 Å². The molecular formula is C29H34FN3O4S. The maximum atomic E-state index is 14.6. The highest BCUT2D eigenvalue weighted by molar-refractivity contribution is 7.92. The summed E-state index contributed by atoms with van der Waals surface area (Å²) in [5.41, 5.74) is 2.17. The maximum Gasteiger partial charge on any atom is 0.264 e. The minimum absolute atomic E-state index is 0.0269. The second-order valence-corrected chi connectivity index (χ2v) is 11.4. The molecule has 0 aliphatic rings. The fourth-order valence-corrected chi connectivity index (χ4v) is 5.62. The second-order valence-electron chi connectivity index (χ2n) is 9.57. The number of rotatable bonds is 10. The quantitative estimate of drug-likeness (QED) is 0.409. The van der Waals surface area contributed by atoms with Crippen molar-refractivity contribution < 1.29 is 22.4 Å². The predicted molar refractivity (Wildman–Crippen MR) is 147 cm³/mol. The molecule has 7 nitrogen and oxygen atoms in total. The molecule has 9 heteroatoms. The average molecular weight is 540 g/mol. The first-order valence-corrected chi connectivity index (χ1v) is 13.8. The van der Waals surface area contributed by atoms with Gasteiger partial charge in [0.05, 0.1) is 10.6 Å². The van der Waals surface area contributed by atoms with E-state index in [9.17, 15) is 22.4 Å². The third-order valence-electron chi connectivity index (χ3n) is 6.13. The van der Waals surface area contributed by atoms with Crippen LogP contribution in [0.25, 0.3) is 0 Å². The van der Waals surface area contributed by atoms with E-state index < -0.39 is 40.2 Å². The van der Waals surface area contributed by atoms with Gasteiger partial charge in [-0.15, -0.1) is 0 Å². The van der Waals surface area contributed by atoms with E-state index in [0.29, 0.717) is 11.3 Å². The lowest BCUT2D eigenvalue weighted by atomic mass is 10.1. The van der Waals surface area contributed by atoms with E-state index in [-0.39, 0.29) is 23.0 Å². The molecule has 3 aromatic carbocycles. The largest absolute Gasteiger partial charge is 0.352 e. The van der Waals surface area contributed by atoms with E-state index in [4.69, 9.17) is 0 Å². The molecule has 0 aliphatic carbocycles. The Kier molecular flexibility index (Phi) is 9.27. The molecule has 3 aromatic rings. The number of anilines is 1. The highest BCUT2D eigenvalue weighted by atomic mass is 32.2. The fourth-order valence-electron chi connectivity index (χ4n) is 4.12. The summed E-state index contributed by atoms with van der Waals surface area (Å²) in [4.78, 5) is 28.0. The first kappa shape index (κ1) is 28.8. The Morgan fingerprint density at radius 2 is 1.55 bits per heavy atom. The van der Waals surface area contributed by atoms with Crippen LogP contribution < -0.4 is 9.62 Å². The van der Waals surface area contributed by atoms with Gasteiger partial charge < -0.3 is 10.2 Å². The molecule has 1 unspecified atom stereocenters. The first-order chi connectivity index (χ1) is 17.9. The summed E-state index contributed by atoms with van der Waals surface area (Å²) in [6.45, 7) is 8.02. The molecule has 0 aromatic heterocycles. The highest BCUT2D eigenvalue weighted by Gasteiger charge is 2.33. The predicted octanol–water partition coefficient (Wildman–Crippen LogP) is 4.58. The number of nitrogens with one attached hydrogen (secondary N) is 1. The Hall–Kier alpha value is -3.72. The third kappa shape index (κ3) is 6.77. The van der Waals surface area contributed by atoms with Crippen LogP contribution >= 0.6 is 0 Å². The summed E-state index contributed by atoms with van der Waals surface area (Å²) in [6.07, 6.45) is 0. The van der Waals surface area contributed by atoms with E-state index in [1.165, 1.54) is 35.2 Å². The number of carbonyl (C=O) groups excluding carboxylic acids is 2. The van der Waals surface area contributed by atoms with Crippen LogP contribution in [0.5, 0.6) is 0 Å². The summed E-state index contributed by atoms with van der Waals surface area (Å²) >= 11 is 0. The van der Waals surface area contributed by atoms with Crippen LogP contribution in [-0.4, -0.2) is 43.8 Å². The van der Waals surface area contributed by atoms with Crippen molar-refractivity contribution in [2.45, 2.75) is 58.1 Å². The molecule has 2 amide bonds. The Bertz CT molecular complexity index is 1390. The number of sulfonamides is 1. The van der Waals surface area contributed by atoms with Gasteiger partial charge in [0.15, 0.2) is 0 Å². The number of carbonyl (C=O) groups is 2. The van der Waals surface area contributed by atoms with E-state index in [2.05, 4.69) is 5.32 Å². The summed E-state index contributed by atoms with van der Waals surface area (Å²) in [5, 5.41) is 2.78. The van der Waals surface area contributed by atoms with Crippen molar-refractivity contribution in [2.75, 3.05) is 10.8 Å². The molecule has 38 heavy (non-hydrogen) atoms. The van der Waals surface area contributed by atoms with E-state index >= 15 is 0 Å². The van der Waals surface area contributed by atoms with Crippen LogP contribution in [0, 0.1) is 19.7 Å². The van der Waals surface area contributed by atoms with E-state index in [1.807, 2.05) is 13.0 Å². The van der Waals surface area contributed by atoms with Crippen molar-refractivity contribution in [3.05, 3.63) is 95.3 Å². The van der Waals surface area contributed by atoms with Gasteiger partial charge in [0.2, 0.25) is 11.8 Å². The maximum absolute atomic E-state index is 14.6. The molecule has 0 aliphatic heterocycles. The number of halogens is 1. The van der Waals surface area contributed by atoms with Gasteiger partial charge in [0.1, 0.15) is 18.4 Å². The Morgan fingerprint density at radius 1 is 0.921 bits per heavy atom. The molecule has 202 valence electrons. The number of hydrogen-bond donors (Lipinski definition) is 1. The van der Waals surface area contributed by atoms with Crippen molar-refractivity contribution in [2.24, 2.45) is 0 Å². The second kappa shape index (κ2) is 12.2. The van der Waals surface area contributed by atoms with Crippen LogP contribution in [0.4, 0.5) is 10.1 Å². The molecule has 0 radical (unpaired) electrons. The van der Waals surface area contributed by atoms with Gasteiger partial charge in [-0.25, -0.2) is 12.8 Å². The molecular weight excluding hydrogens is 505 g/mol. The lowest BCUT2D eigenvalue weighted by molar-refractivity contribution is -0.139. The Balaban J connectivity index is 2.07. The number of hydrogen-bond acceptors (Lipinski definition) is 4. The van der Waals surface area contributed by atoms with E-state index in [0.717, 1.165) is 9.87 Å².